The van der Waals surface area contributed by atoms with Gasteiger partial charge in [0.1, 0.15) is 0 Å². The van der Waals surface area contributed by atoms with Gasteiger partial charge in [-0.2, -0.15) is 11.3 Å². The summed E-state index contributed by atoms with van der Waals surface area (Å²) in [5.41, 5.74) is 2.94. The van der Waals surface area contributed by atoms with Crippen molar-refractivity contribution in [2.24, 2.45) is 0 Å². The van der Waals surface area contributed by atoms with Crippen LogP contribution in [-0.4, -0.2) is 11.4 Å². The second kappa shape index (κ2) is 5.68. The molecule has 1 atom stereocenters. The molecule has 0 aliphatic carbocycles. The normalized spacial score (nSPS) is 21.0. The topological polar surface area (TPSA) is 3.24 Å². The van der Waals surface area contributed by atoms with Crippen LogP contribution in [0, 0.1) is 0 Å². The Morgan fingerprint density at radius 1 is 1.11 bits per heavy atom. The van der Waals surface area contributed by atoms with Crippen molar-refractivity contribution in [3.8, 4) is 0 Å². The first-order valence-electron chi connectivity index (χ1n) is 6.73. The van der Waals surface area contributed by atoms with E-state index >= 15 is 0 Å². The highest BCUT2D eigenvalue weighted by molar-refractivity contribution is 7.07. The van der Waals surface area contributed by atoms with Gasteiger partial charge < -0.3 is 0 Å². The number of piperidine rings is 1. The minimum absolute atomic E-state index is 0.630. The van der Waals surface area contributed by atoms with Crippen LogP contribution in [0.3, 0.4) is 0 Å². The Bertz CT molecular complexity index is 463. The molecule has 0 spiro atoms. The van der Waals surface area contributed by atoms with Crippen molar-refractivity contribution >= 4 is 11.3 Å². The second-order valence-electron chi connectivity index (χ2n) is 5.02. The number of hydrogen-bond donors (Lipinski definition) is 0. The first kappa shape index (κ1) is 11.9. The zero-order valence-electron chi connectivity index (χ0n) is 10.6. The van der Waals surface area contributed by atoms with Gasteiger partial charge in [0.05, 0.1) is 0 Å². The molecule has 1 aliphatic heterocycles. The van der Waals surface area contributed by atoms with E-state index < -0.39 is 0 Å². The monoisotopic (exact) mass is 257 g/mol. The fourth-order valence-corrected chi connectivity index (χ4v) is 3.55. The lowest BCUT2D eigenvalue weighted by atomic mass is 9.96. The van der Waals surface area contributed by atoms with E-state index in [1.54, 1.807) is 0 Å². The van der Waals surface area contributed by atoms with E-state index in [1.165, 1.54) is 36.9 Å². The highest BCUT2D eigenvalue weighted by atomic mass is 32.1. The Kier molecular flexibility index (Phi) is 3.77. The molecule has 1 saturated heterocycles. The average molecular weight is 257 g/mol. The SMILES string of the molecule is c1ccc(CN2CCCC[C@@H]2c2ccsc2)cc1. The van der Waals surface area contributed by atoms with Crippen LogP contribution in [0.1, 0.15) is 36.4 Å². The van der Waals surface area contributed by atoms with Crippen molar-refractivity contribution in [3.05, 3.63) is 58.3 Å². The van der Waals surface area contributed by atoms with Gasteiger partial charge in [0.25, 0.3) is 0 Å². The lowest BCUT2D eigenvalue weighted by Crippen LogP contribution is -2.32. The maximum absolute atomic E-state index is 2.64. The van der Waals surface area contributed by atoms with E-state index in [1.807, 2.05) is 11.3 Å². The van der Waals surface area contributed by atoms with E-state index in [4.69, 9.17) is 0 Å². The molecule has 0 N–H and O–H groups in total. The minimum Gasteiger partial charge on any atom is -0.292 e. The van der Waals surface area contributed by atoms with Gasteiger partial charge >= 0.3 is 0 Å². The van der Waals surface area contributed by atoms with Gasteiger partial charge in [0.2, 0.25) is 0 Å². The number of nitrogens with zero attached hydrogens (tertiary/aromatic N) is 1. The molecule has 1 nitrogen and oxygen atoms in total. The number of benzene rings is 1. The fraction of sp³-hybridized carbons (Fsp3) is 0.375. The molecule has 18 heavy (non-hydrogen) atoms. The molecule has 1 aliphatic rings. The quantitative estimate of drug-likeness (QED) is 0.784. The number of hydrogen-bond acceptors (Lipinski definition) is 2. The summed E-state index contributed by atoms with van der Waals surface area (Å²) in [5.74, 6) is 0. The van der Waals surface area contributed by atoms with Crippen molar-refractivity contribution in [1.82, 2.24) is 4.90 Å². The molecule has 0 radical (unpaired) electrons. The summed E-state index contributed by atoms with van der Waals surface area (Å²) >= 11 is 1.81. The molecule has 0 amide bonds. The van der Waals surface area contributed by atoms with Gasteiger partial charge in [-0.3, -0.25) is 4.90 Å². The van der Waals surface area contributed by atoms with E-state index in [-0.39, 0.29) is 0 Å². The summed E-state index contributed by atoms with van der Waals surface area (Å²) in [4.78, 5) is 2.64. The largest absolute Gasteiger partial charge is 0.292 e. The van der Waals surface area contributed by atoms with Gasteiger partial charge in [-0.05, 0) is 47.3 Å². The van der Waals surface area contributed by atoms with Crippen molar-refractivity contribution in [2.45, 2.75) is 31.8 Å². The van der Waals surface area contributed by atoms with Gasteiger partial charge in [-0.1, -0.05) is 36.8 Å². The van der Waals surface area contributed by atoms with Crippen LogP contribution in [0.4, 0.5) is 0 Å². The van der Waals surface area contributed by atoms with Crippen LogP contribution < -0.4 is 0 Å². The van der Waals surface area contributed by atoms with Gasteiger partial charge in [0, 0.05) is 12.6 Å². The van der Waals surface area contributed by atoms with Crippen molar-refractivity contribution < 1.29 is 0 Å². The molecule has 1 aromatic carbocycles. The third kappa shape index (κ3) is 2.65. The summed E-state index contributed by atoms with van der Waals surface area (Å²) in [7, 11) is 0. The van der Waals surface area contributed by atoms with Crippen molar-refractivity contribution in [3.63, 3.8) is 0 Å². The third-order valence-corrected chi connectivity index (χ3v) is 4.47. The molecule has 1 aromatic heterocycles. The smallest absolute Gasteiger partial charge is 0.0359 e. The van der Waals surface area contributed by atoms with E-state index in [0.717, 1.165) is 6.54 Å². The molecule has 2 heterocycles. The third-order valence-electron chi connectivity index (χ3n) is 3.77. The molecule has 1 fully saturated rings. The van der Waals surface area contributed by atoms with Gasteiger partial charge in [-0.25, -0.2) is 0 Å². The molecule has 94 valence electrons. The summed E-state index contributed by atoms with van der Waals surface area (Å²) in [5, 5.41) is 4.51. The number of thiophene rings is 1. The zero-order valence-corrected chi connectivity index (χ0v) is 11.4. The zero-order chi connectivity index (χ0) is 12.2. The first-order valence-corrected chi connectivity index (χ1v) is 7.68. The van der Waals surface area contributed by atoms with Crippen LogP contribution in [-0.2, 0) is 6.54 Å². The lowest BCUT2D eigenvalue weighted by Gasteiger charge is -2.35. The van der Waals surface area contributed by atoms with Gasteiger partial charge in [0.15, 0.2) is 0 Å². The Morgan fingerprint density at radius 3 is 2.78 bits per heavy atom. The van der Waals surface area contributed by atoms with Crippen LogP contribution >= 0.6 is 11.3 Å². The lowest BCUT2D eigenvalue weighted by molar-refractivity contribution is 0.141. The Morgan fingerprint density at radius 2 is 2.00 bits per heavy atom. The van der Waals surface area contributed by atoms with Crippen LogP contribution in [0.25, 0.3) is 0 Å². The highest BCUT2D eigenvalue weighted by Gasteiger charge is 2.23. The van der Waals surface area contributed by atoms with E-state index in [9.17, 15) is 0 Å². The maximum Gasteiger partial charge on any atom is 0.0359 e. The molecular formula is C16H19NS. The molecule has 3 rings (SSSR count). The minimum atomic E-state index is 0.630. The predicted octanol–water partition coefficient (Wildman–Crippen LogP) is 4.48. The van der Waals surface area contributed by atoms with Crippen LogP contribution in [0.2, 0.25) is 0 Å². The Balaban J connectivity index is 1.76. The summed E-state index contributed by atoms with van der Waals surface area (Å²) in [6.45, 7) is 2.32. The second-order valence-corrected chi connectivity index (χ2v) is 5.80. The van der Waals surface area contributed by atoms with Crippen molar-refractivity contribution in [1.29, 1.82) is 0 Å². The average Bonchev–Trinajstić information content (AvgIpc) is 2.94. The standard InChI is InChI=1S/C16H19NS/c1-2-6-14(7-3-1)12-17-10-5-4-8-16(17)15-9-11-18-13-15/h1-3,6-7,9,11,13,16H,4-5,8,10,12H2/t16-/m1/s1. The van der Waals surface area contributed by atoms with Crippen LogP contribution in [0.15, 0.2) is 47.2 Å². The summed E-state index contributed by atoms with van der Waals surface area (Å²) in [6, 6.07) is 13.8. The molecule has 2 aromatic rings. The Labute approximate surface area is 113 Å². The highest BCUT2D eigenvalue weighted by Crippen LogP contribution is 2.33. The van der Waals surface area contributed by atoms with E-state index in [0.29, 0.717) is 6.04 Å². The van der Waals surface area contributed by atoms with E-state index in [2.05, 4.69) is 52.1 Å². The fourth-order valence-electron chi connectivity index (χ4n) is 2.84. The molecular weight excluding hydrogens is 238 g/mol. The predicted molar refractivity (Wildman–Crippen MR) is 77.8 cm³/mol. The summed E-state index contributed by atoms with van der Waals surface area (Å²) < 4.78 is 0. The van der Waals surface area contributed by atoms with Gasteiger partial charge in [-0.15, -0.1) is 0 Å². The van der Waals surface area contributed by atoms with Crippen molar-refractivity contribution in [2.75, 3.05) is 6.54 Å². The first-order chi connectivity index (χ1) is 8.93. The molecule has 0 bridgehead atoms. The van der Waals surface area contributed by atoms with Crippen LogP contribution in [0.5, 0.6) is 0 Å². The molecule has 0 unspecified atom stereocenters. The molecule has 2 heteroatoms. The maximum atomic E-state index is 2.64. The number of rotatable bonds is 3. The Hall–Kier alpha value is -1.12. The molecule has 0 saturated carbocycles. The summed E-state index contributed by atoms with van der Waals surface area (Å²) in [6.07, 6.45) is 4.02. The number of likely N-dealkylation sites (tertiary alicyclic amines) is 1.